The Kier molecular flexibility index (Phi) is 5.22. The van der Waals surface area contributed by atoms with E-state index in [0.717, 1.165) is 0 Å². The average molecular weight is 397 g/mol. The van der Waals surface area contributed by atoms with Gasteiger partial charge in [-0.1, -0.05) is 0 Å². The standard InChI is InChI=1S/C12H17NO12S/c14-3-1-4(10(17)18)23-12(7(3)15)25-9-5-2-22-11(24-5)6(8(9)16)13-26(19,20)21/h1,3,5-9,11-16H,2H2,(H,17,18)(H,19,20,21)/p-2/t3-,5+,6-,7+,8+,9?,11+,12-/m0/s1. The van der Waals surface area contributed by atoms with Crippen LogP contribution in [-0.2, 0) is 34.0 Å². The summed E-state index contributed by atoms with van der Waals surface area (Å²) in [4.78, 5) is 10.9. The number of aliphatic hydroxyl groups is 3. The van der Waals surface area contributed by atoms with E-state index in [1.165, 1.54) is 0 Å². The molecule has 4 N–H and O–H groups in total. The van der Waals surface area contributed by atoms with Crippen molar-refractivity contribution in [2.75, 3.05) is 6.61 Å². The van der Waals surface area contributed by atoms with Crippen molar-refractivity contribution in [3.8, 4) is 0 Å². The van der Waals surface area contributed by atoms with Gasteiger partial charge in [0.05, 0.1) is 6.61 Å². The van der Waals surface area contributed by atoms with Crippen molar-refractivity contribution in [3.63, 3.8) is 0 Å². The van der Waals surface area contributed by atoms with Gasteiger partial charge in [-0.3, -0.25) is 0 Å². The highest BCUT2D eigenvalue weighted by Gasteiger charge is 2.53. The van der Waals surface area contributed by atoms with E-state index in [1.807, 2.05) is 0 Å². The van der Waals surface area contributed by atoms with Crippen LogP contribution in [0.25, 0.3) is 0 Å². The first-order chi connectivity index (χ1) is 12.1. The SMILES string of the molecule is O=C([O-])C1=C[C@H](O)[C@@H](O)[C@H](OC2[C@H]3CO[C@H](O3)[C@@H](NS(=O)(=O)[O-])[C@H]2O)O1. The van der Waals surface area contributed by atoms with Crippen LogP contribution in [0, 0.1) is 0 Å². The second-order valence-corrected chi connectivity index (χ2v) is 7.00. The lowest BCUT2D eigenvalue weighted by molar-refractivity contribution is -0.314. The van der Waals surface area contributed by atoms with E-state index in [2.05, 4.69) is 0 Å². The maximum Gasteiger partial charge on any atom is 0.229 e. The van der Waals surface area contributed by atoms with E-state index in [9.17, 15) is 38.2 Å². The number of carbonyl (C=O) groups is 1. The van der Waals surface area contributed by atoms with Crippen LogP contribution in [0.4, 0.5) is 0 Å². The number of hydrogen-bond donors (Lipinski definition) is 4. The highest BCUT2D eigenvalue weighted by Crippen LogP contribution is 2.32. The Hall–Kier alpha value is -1.36. The summed E-state index contributed by atoms with van der Waals surface area (Å²) in [5, 5.41) is 40.8. The molecule has 0 aromatic carbocycles. The van der Waals surface area contributed by atoms with E-state index < -0.39 is 71.2 Å². The minimum Gasteiger partial charge on any atom is -0.735 e. The van der Waals surface area contributed by atoms with Crippen LogP contribution in [0.15, 0.2) is 11.8 Å². The van der Waals surface area contributed by atoms with Crippen LogP contribution in [-0.4, -0.2) is 90.0 Å². The minimum absolute atomic E-state index is 0.141. The van der Waals surface area contributed by atoms with Crippen molar-refractivity contribution in [1.82, 2.24) is 4.72 Å². The predicted molar refractivity (Wildman–Crippen MR) is 72.1 cm³/mol. The Morgan fingerprint density at radius 1 is 1.31 bits per heavy atom. The lowest BCUT2D eigenvalue weighted by atomic mass is 9.99. The molecule has 148 valence electrons. The number of aliphatic hydroxyl groups excluding tert-OH is 3. The maximum absolute atomic E-state index is 10.9. The fourth-order valence-electron chi connectivity index (χ4n) is 2.87. The van der Waals surface area contributed by atoms with E-state index in [-0.39, 0.29) is 6.61 Å². The monoisotopic (exact) mass is 397 g/mol. The molecule has 3 aliphatic heterocycles. The molecule has 13 nitrogen and oxygen atoms in total. The molecular formula is C12H15NO12S-2. The molecule has 2 saturated heterocycles. The van der Waals surface area contributed by atoms with Crippen molar-refractivity contribution in [2.24, 2.45) is 0 Å². The summed E-state index contributed by atoms with van der Waals surface area (Å²) < 4.78 is 55.0. The van der Waals surface area contributed by atoms with Crippen molar-refractivity contribution in [3.05, 3.63) is 11.8 Å². The van der Waals surface area contributed by atoms with Crippen LogP contribution in [0.3, 0.4) is 0 Å². The van der Waals surface area contributed by atoms with Gasteiger partial charge in [-0.05, 0) is 6.08 Å². The van der Waals surface area contributed by atoms with Crippen molar-refractivity contribution in [1.29, 1.82) is 0 Å². The Labute approximate surface area is 146 Å². The second-order valence-electron chi connectivity index (χ2n) is 5.85. The predicted octanol–water partition coefficient (Wildman–Crippen LogP) is -5.38. The zero-order chi connectivity index (χ0) is 19.2. The zero-order valence-electron chi connectivity index (χ0n) is 12.8. The molecule has 0 aromatic rings. The number of fused-ring (bicyclic) bond motifs is 2. The van der Waals surface area contributed by atoms with Gasteiger partial charge in [0.2, 0.25) is 6.29 Å². The molecule has 0 saturated carbocycles. The maximum atomic E-state index is 10.9. The molecule has 0 amide bonds. The molecule has 1 unspecified atom stereocenters. The molecule has 14 heteroatoms. The van der Waals surface area contributed by atoms with Gasteiger partial charge in [-0.25, -0.2) is 13.1 Å². The largest absolute Gasteiger partial charge is 0.735 e. The fraction of sp³-hybridized carbons (Fsp3) is 0.750. The van der Waals surface area contributed by atoms with Gasteiger partial charge >= 0.3 is 0 Å². The van der Waals surface area contributed by atoms with E-state index >= 15 is 0 Å². The van der Waals surface area contributed by atoms with Crippen LogP contribution in [0.1, 0.15) is 0 Å². The smallest absolute Gasteiger partial charge is 0.229 e. The third-order valence-electron chi connectivity index (χ3n) is 4.06. The molecule has 3 heterocycles. The van der Waals surface area contributed by atoms with Gasteiger partial charge in [-0.2, -0.15) is 0 Å². The van der Waals surface area contributed by atoms with Gasteiger partial charge < -0.3 is 48.7 Å². The summed E-state index contributed by atoms with van der Waals surface area (Å²) in [7, 11) is -4.97. The lowest BCUT2D eigenvalue weighted by Gasteiger charge is -2.41. The molecule has 0 spiro atoms. The summed E-state index contributed by atoms with van der Waals surface area (Å²) in [6, 6.07) is -1.51. The van der Waals surface area contributed by atoms with Gasteiger partial charge in [0.1, 0.15) is 48.3 Å². The molecule has 0 radical (unpaired) electrons. The Bertz CT molecular complexity index is 694. The highest BCUT2D eigenvalue weighted by atomic mass is 32.2. The van der Waals surface area contributed by atoms with Gasteiger partial charge in [0.25, 0.3) is 0 Å². The first-order valence-corrected chi connectivity index (χ1v) is 8.77. The summed E-state index contributed by atoms with van der Waals surface area (Å²) in [5.41, 5.74) is 0. The Balaban J connectivity index is 1.78. The number of nitrogens with one attached hydrogen (secondary N) is 1. The number of aliphatic carboxylic acids is 1. The molecule has 2 fully saturated rings. The van der Waals surface area contributed by atoms with E-state index in [0.29, 0.717) is 6.08 Å². The average Bonchev–Trinajstić information content (AvgIpc) is 2.97. The lowest BCUT2D eigenvalue weighted by Crippen LogP contribution is -2.62. The molecule has 8 atom stereocenters. The number of rotatable bonds is 5. The molecule has 3 rings (SSSR count). The molecule has 0 aliphatic carbocycles. The molecule has 26 heavy (non-hydrogen) atoms. The quantitative estimate of drug-likeness (QED) is 0.321. The normalized spacial score (nSPS) is 42.8. The molecule has 0 aromatic heterocycles. The van der Waals surface area contributed by atoms with Crippen LogP contribution < -0.4 is 9.83 Å². The van der Waals surface area contributed by atoms with Crippen LogP contribution in [0.2, 0.25) is 0 Å². The van der Waals surface area contributed by atoms with Gasteiger partial charge in [-0.15, -0.1) is 0 Å². The van der Waals surface area contributed by atoms with Gasteiger partial charge in [0.15, 0.2) is 16.6 Å². The molecular weight excluding hydrogens is 382 g/mol. The summed E-state index contributed by atoms with van der Waals surface area (Å²) in [6.07, 6.45) is -9.61. The third kappa shape index (κ3) is 3.83. The number of carboxylic acids is 1. The third-order valence-corrected chi connectivity index (χ3v) is 4.63. The van der Waals surface area contributed by atoms with E-state index in [4.69, 9.17) is 18.9 Å². The number of hydrogen-bond acceptors (Lipinski definition) is 12. The van der Waals surface area contributed by atoms with Crippen molar-refractivity contribution >= 4 is 16.3 Å². The summed E-state index contributed by atoms with van der Waals surface area (Å²) >= 11 is 0. The minimum atomic E-state index is -4.97. The van der Waals surface area contributed by atoms with Crippen molar-refractivity contribution in [2.45, 2.75) is 49.1 Å². The summed E-state index contributed by atoms with van der Waals surface area (Å²) in [6.45, 7) is -0.141. The first kappa shape index (κ1) is 19.4. The fourth-order valence-corrected chi connectivity index (χ4v) is 3.46. The number of carboxylic acid groups (broad SMARTS) is 1. The van der Waals surface area contributed by atoms with Crippen LogP contribution in [0.5, 0.6) is 0 Å². The van der Waals surface area contributed by atoms with Gasteiger partial charge in [0, 0.05) is 0 Å². The number of carbonyl (C=O) groups excluding carboxylic acids is 1. The Morgan fingerprint density at radius 2 is 2.00 bits per heavy atom. The molecule has 2 bridgehead atoms. The highest BCUT2D eigenvalue weighted by molar-refractivity contribution is 7.83. The second kappa shape index (κ2) is 6.99. The number of ether oxygens (including phenoxy) is 4. The van der Waals surface area contributed by atoms with Crippen molar-refractivity contribution < 1.29 is 57.1 Å². The summed E-state index contributed by atoms with van der Waals surface area (Å²) in [5.74, 6) is -2.57. The molecule has 3 aliphatic rings. The van der Waals surface area contributed by atoms with E-state index in [1.54, 1.807) is 4.72 Å². The topological polar surface area (TPSA) is 207 Å². The van der Waals surface area contributed by atoms with Crippen LogP contribution >= 0.6 is 0 Å². The zero-order valence-corrected chi connectivity index (χ0v) is 13.6. The Morgan fingerprint density at radius 3 is 2.62 bits per heavy atom. The first-order valence-electron chi connectivity index (χ1n) is 7.36.